The Bertz CT molecular complexity index is 952. The normalized spacial score (nSPS) is 34.9. The molecule has 1 saturated heterocycles. The van der Waals surface area contributed by atoms with Gasteiger partial charge in [-0.05, 0) is 69.1 Å². The van der Waals surface area contributed by atoms with Gasteiger partial charge in [0.05, 0.1) is 11.2 Å². The molecule has 2 aliphatic carbocycles. The highest BCUT2D eigenvalue weighted by atomic mass is 16.3. The van der Waals surface area contributed by atoms with Gasteiger partial charge in [0.1, 0.15) is 0 Å². The van der Waals surface area contributed by atoms with Gasteiger partial charge in [0, 0.05) is 36.4 Å². The van der Waals surface area contributed by atoms with Crippen LogP contribution in [0.3, 0.4) is 0 Å². The number of carbonyl (C=O) groups excluding carboxylic acids is 4. The highest BCUT2D eigenvalue weighted by Crippen LogP contribution is 2.54. The van der Waals surface area contributed by atoms with Crippen molar-refractivity contribution in [3.63, 3.8) is 0 Å². The predicted octanol–water partition coefficient (Wildman–Crippen LogP) is 4.18. The molecule has 2 aliphatic heterocycles. The van der Waals surface area contributed by atoms with Crippen LogP contribution < -0.4 is 5.32 Å². The molecule has 4 aliphatic rings. The molecule has 0 aromatic heterocycles. The highest BCUT2D eigenvalue weighted by molar-refractivity contribution is 6.32. The number of fused-ring (bicyclic) bond motifs is 1. The Morgan fingerprint density at radius 2 is 1.78 bits per heavy atom. The van der Waals surface area contributed by atoms with E-state index < -0.39 is 23.3 Å². The van der Waals surface area contributed by atoms with Gasteiger partial charge in [0.2, 0.25) is 5.91 Å². The summed E-state index contributed by atoms with van der Waals surface area (Å²) in [6.45, 7) is 9.79. The predicted molar refractivity (Wildman–Crippen MR) is 141 cm³/mol. The Balaban J connectivity index is 1.63. The van der Waals surface area contributed by atoms with E-state index in [0.29, 0.717) is 37.7 Å². The minimum Gasteiger partial charge on any atom is -0.390 e. The van der Waals surface area contributed by atoms with E-state index in [1.807, 2.05) is 25.7 Å². The maximum absolute atomic E-state index is 14.2. The third-order valence-electron chi connectivity index (χ3n) is 9.86. The van der Waals surface area contributed by atoms with Crippen LogP contribution in [0.15, 0.2) is 11.1 Å². The quantitative estimate of drug-likeness (QED) is 0.273. The number of hydrogen-bond donors (Lipinski definition) is 2. The Kier molecular flexibility index (Phi) is 8.61. The van der Waals surface area contributed by atoms with Crippen LogP contribution in [0.1, 0.15) is 98.3 Å². The second-order valence-corrected chi connectivity index (χ2v) is 12.4. The molecule has 206 valence electrons. The fraction of sp³-hybridized carbons (Fsp3) is 0.800. The first-order chi connectivity index (χ1) is 17.6. The van der Waals surface area contributed by atoms with Crippen molar-refractivity contribution in [1.29, 1.82) is 0 Å². The van der Waals surface area contributed by atoms with Gasteiger partial charge in [-0.3, -0.25) is 24.5 Å². The average Bonchev–Trinajstić information content (AvgIpc) is 3.49. The maximum atomic E-state index is 14.2. The number of nitrogens with one attached hydrogen (secondary N) is 1. The topological polar surface area (TPSA) is 104 Å². The Hall–Kier alpha value is -2.02. The van der Waals surface area contributed by atoms with E-state index in [4.69, 9.17) is 0 Å². The molecule has 2 N–H and O–H groups in total. The minimum absolute atomic E-state index is 0.0107. The molecule has 7 unspecified atom stereocenters. The molecule has 7 nitrogen and oxygen atoms in total. The van der Waals surface area contributed by atoms with Gasteiger partial charge in [0.25, 0.3) is 11.8 Å². The smallest absolute Gasteiger partial charge is 0.262 e. The lowest BCUT2D eigenvalue weighted by atomic mass is 9.52. The van der Waals surface area contributed by atoms with Gasteiger partial charge in [-0.1, -0.05) is 47.0 Å². The highest BCUT2D eigenvalue weighted by Gasteiger charge is 2.57. The third-order valence-corrected chi connectivity index (χ3v) is 9.86. The molecule has 0 radical (unpaired) electrons. The molecular formula is C30H46N2O5. The summed E-state index contributed by atoms with van der Waals surface area (Å²) in [6, 6.07) is 0. The Morgan fingerprint density at radius 1 is 1.08 bits per heavy atom. The van der Waals surface area contributed by atoms with E-state index in [9.17, 15) is 24.3 Å². The lowest BCUT2D eigenvalue weighted by Gasteiger charge is -2.54. The van der Waals surface area contributed by atoms with Crippen molar-refractivity contribution in [3.8, 4) is 0 Å². The van der Waals surface area contributed by atoms with Crippen molar-refractivity contribution in [2.75, 3.05) is 13.1 Å². The molecule has 3 fully saturated rings. The van der Waals surface area contributed by atoms with Crippen molar-refractivity contribution < 1.29 is 24.3 Å². The van der Waals surface area contributed by atoms with E-state index in [1.165, 1.54) is 0 Å². The summed E-state index contributed by atoms with van der Waals surface area (Å²) in [6.07, 6.45) is 8.83. The molecule has 0 aromatic rings. The molecule has 2 heterocycles. The number of aliphatic hydroxyl groups is 1. The van der Waals surface area contributed by atoms with E-state index in [0.717, 1.165) is 51.6 Å². The van der Waals surface area contributed by atoms with Crippen LogP contribution in [0.5, 0.6) is 0 Å². The maximum Gasteiger partial charge on any atom is 0.262 e. The molecule has 4 rings (SSSR count). The van der Waals surface area contributed by atoms with Crippen LogP contribution in [0.2, 0.25) is 0 Å². The fourth-order valence-electron chi connectivity index (χ4n) is 8.01. The zero-order valence-corrected chi connectivity index (χ0v) is 23.2. The number of imide groups is 1. The standard InChI is InChI=1S/C30H46N2O5/c1-5-7-8-11-20(6-2)23-24(28(35)31-27(23)34)26(33)22-18(3)12-13-30(37)17-21(16-19(4)25(22)30)29(36)32-14-9-10-15-32/h18-22,25,37H,5-17H2,1-4H3,(H,31,34,35). The first kappa shape index (κ1) is 28.0. The summed E-state index contributed by atoms with van der Waals surface area (Å²) in [5.74, 6) is -2.41. The number of likely N-dealkylation sites (tertiary alicyclic amines) is 1. The van der Waals surface area contributed by atoms with Crippen LogP contribution in [0.25, 0.3) is 0 Å². The van der Waals surface area contributed by atoms with E-state index in [1.54, 1.807) is 0 Å². The first-order valence-corrected chi connectivity index (χ1v) is 14.8. The van der Waals surface area contributed by atoms with E-state index in [2.05, 4.69) is 12.2 Å². The number of rotatable bonds is 9. The number of carbonyl (C=O) groups is 4. The molecular weight excluding hydrogens is 468 g/mol. The van der Waals surface area contributed by atoms with Crippen molar-refractivity contribution in [2.24, 2.45) is 35.5 Å². The number of unbranched alkanes of at least 4 members (excludes halogenated alkanes) is 2. The number of hydrogen-bond acceptors (Lipinski definition) is 5. The lowest BCUT2D eigenvalue weighted by molar-refractivity contribution is -0.169. The van der Waals surface area contributed by atoms with Crippen molar-refractivity contribution >= 4 is 23.5 Å². The molecule has 2 saturated carbocycles. The van der Waals surface area contributed by atoms with Crippen molar-refractivity contribution in [2.45, 2.75) is 104 Å². The van der Waals surface area contributed by atoms with Crippen LogP contribution in [-0.2, 0) is 19.2 Å². The summed E-state index contributed by atoms with van der Waals surface area (Å²) >= 11 is 0. The number of amides is 3. The first-order valence-electron chi connectivity index (χ1n) is 14.8. The van der Waals surface area contributed by atoms with Gasteiger partial charge in [-0.25, -0.2) is 0 Å². The molecule has 0 spiro atoms. The minimum atomic E-state index is -1.12. The number of nitrogens with zero attached hydrogens (tertiary/aromatic N) is 1. The third kappa shape index (κ3) is 5.30. The molecule has 37 heavy (non-hydrogen) atoms. The average molecular weight is 515 g/mol. The van der Waals surface area contributed by atoms with Crippen molar-refractivity contribution in [1.82, 2.24) is 10.2 Å². The van der Waals surface area contributed by atoms with E-state index in [-0.39, 0.29) is 46.9 Å². The largest absolute Gasteiger partial charge is 0.390 e. The molecule has 7 atom stereocenters. The van der Waals surface area contributed by atoms with Gasteiger partial charge in [-0.15, -0.1) is 0 Å². The summed E-state index contributed by atoms with van der Waals surface area (Å²) in [7, 11) is 0. The number of ketones is 1. The van der Waals surface area contributed by atoms with E-state index >= 15 is 0 Å². The monoisotopic (exact) mass is 514 g/mol. The summed E-state index contributed by atoms with van der Waals surface area (Å²) in [5, 5.41) is 14.4. The van der Waals surface area contributed by atoms with Gasteiger partial charge in [-0.2, -0.15) is 0 Å². The molecule has 0 bridgehead atoms. The zero-order valence-electron chi connectivity index (χ0n) is 23.2. The van der Waals surface area contributed by atoms with Crippen LogP contribution in [0.4, 0.5) is 0 Å². The second kappa shape index (κ2) is 11.4. The lowest BCUT2D eigenvalue weighted by Crippen LogP contribution is -2.58. The Labute approximate surface area is 221 Å². The van der Waals surface area contributed by atoms with Crippen LogP contribution in [-0.4, -0.2) is 52.2 Å². The Morgan fingerprint density at radius 3 is 2.43 bits per heavy atom. The van der Waals surface area contributed by atoms with Gasteiger partial charge >= 0.3 is 0 Å². The van der Waals surface area contributed by atoms with Crippen LogP contribution in [0, 0.1) is 35.5 Å². The molecule has 3 amide bonds. The SMILES string of the molecule is CCCCCC(CC)C1=C(C(=O)C2C(C)CCC3(O)CC(C(=O)N4CCCC4)CC(C)C23)C(=O)NC1=O. The van der Waals surface area contributed by atoms with Gasteiger partial charge < -0.3 is 10.0 Å². The molecule has 0 aromatic carbocycles. The summed E-state index contributed by atoms with van der Waals surface area (Å²) in [5.41, 5.74) is -0.715. The number of Topliss-reactive ketones (excluding diaryl/α,β-unsaturated/α-hetero) is 1. The second-order valence-electron chi connectivity index (χ2n) is 12.4. The van der Waals surface area contributed by atoms with Crippen molar-refractivity contribution in [3.05, 3.63) is 11.1 Å². The fourth-order valence-corrected chi connectivity index (χ4v) is 8.01. The zero-order chi connectivity index (χ0) is 26.9. The summed E-state index contributed by atoms with van der Waals surface area (Å²) < 4.78 is 0. The van der Waals surface area contributed by atoms with Gasteiger partial charge in [0.15, 0.2) is 5.78 Å². The molecule has 7 heteroatoms. The summed E-state index contributed by atoms with van der Waals surface area (Å²) in [4.78, 5) is 55.4. The van der Waals surface area contributed by atoms with Crippen LogP contribution >= 0.6 is 0 Å².